The maximum Gasteiger partial charge on any atom is 0.331 e. The van der Waals surface area contributed by atoms with E-state index in [0.717, 1.165) is 31.3 Å². The second kappa shape index (κ2) is 7.54. The van der Waals surface area contributed by atoms with Crippen LogP contribution in [0, 0.1) is 28.6 Å². The molecule has 0 aromatic carbocycles. The molecule has 9 atom stereocenters. The molecule has 6 rings (SSSR count). The van der Waals surface area contributed by atoms with Gasteiger partial charge in [0.25, 0.3) is 0 Å². The molecule has 0 radical (unpaired) electrons. The summed E-state index contributed by atoms with van der Waals surface area (Å²) in [5, 5.41) is 12.2. The third-order valence-corrected chi connectivity index (χ3v) is 10.8. The predicted molar refractivity (Wildman–Crippen MR) is 121 cm³/mol. The fourth-order valence-corrected chi connectivity index (χ4v) is 9.75. The lowest BCUT2D eigenvalue weighted by atomic mass is 9.42. The van der Waals surface area contributed by atoms with Crippen LogP contribution in [0.25, 0.3) is 0 Å². The second-order valence-corrected chi connectivity index (χ2v) is 12.2. The highest BCUT2D eigenvalue weighted by atomic mass is 16.7. The van der Waals surface area contributed by atoms with Gasteiger partial charge < -0.3 is 24.1 Å². The SMILES string of the molecule is CC(=O)O[C@H]1CC[C@]23[C@@H](OC(C)=O)O[C@]4(CC[C@@]2(O)C1)[C@H]3CC[C@@]1(C)[C@H](C2=CC(=O)OC2)CC[C@@H]14. The van der Waals surface area contributed by atoms with Crippen LogP contribution in [-0.2, 0) is 33.3 Å². The molecule has 0 unspecified atom stereocenters. The van der Waals surface area contributed by atoms with Crippen LogP contribution in [0.1, 0.15) is 78.6 Å². The van der Waals surface area contributed by atoms with Gasteiger partial charge >= 0.3 is 17.9 Å². The highest BCUT2D eigenvalue weighted by molar-refractivity contribution is 5.85. The van der Waals surface area contributed by atoms with Gasteiger partial charge in [-0.15, -0.1) is 0 Å². The number of rotatable bonds is 3. The molecule has 1 saturated heterocycles. The highest BCUT2D eigenvalue weighted by Gasteiger charge is 2.80. The maximum absolute atomic E-state index is 12.2. The van der Waals surface area contributed by atoms with E-state index in [1.807, 2.05) is 0 Å². The smallest absolute Gasteiger partial charge is 0.331 e. The van der Waals surface area contributed by atoms with Crippen molar-refractivity contribution in [3.8, 4) is 0 Å². The molecule has 0 amide bonds. The van der Waals surface area contributed by atoms with Crippen LogP contribution < -0.4 is 0 Å². The van der Waals surface area contributed by atoms with Crippen LogP contribution in [0.2, 0.25) is 0 Å². The number of hydrogen-bond donors (Lipinski definition) is 1. The molecule has 0 aromatic rings. The van der Waals surface area contributed by atoms with Crippen LogP contribution in [0.5, 0.6) is 0 Å². The Morgan fingerprint density at radius 3 is 2.46 bits per heavy atom. The minimum Gasteiger partial charge on any atom is -0.462 e. The van der Waals surface area contributed by atoms with Gasteiger partial charge in [0, 0.05) is 32.3 Å². The average Bonchev–Trinajstić information content (AvgIpc) is 3.40. The minimum absolute atomic E-state index is 0.0486. The minimum atomic E-state index is -1.13. The lowest BCUT2D eigenvalue weighted by Crippen LogP contribution is -2.67. The van der Waals surface area contributed by atoms with Gasteiger partial charge in [0.15, 0.2) is 0 Å². The van der Waals surface area contributed by atoms with Crippen molar-refractivity contribution in [2.45, 2.75) is 102 Å². The first-order chi connectivity index (χ1) is 16.5. The predicted octanol–water partition coefficient (Wildman–Crippen LogP) is 3.20. The molecule has 6 aliphatic rings. The molecule has 8 nitrogen and oxygen atoms in total. The summed E-state index contributed by atoms with van der Waals surface area (Å²) in [5.41, 5.74) is -1.28. The van der Waals surface area contributed by atoms with E-state index in [1.54, 1.807) is 6.08 Å². The van der Waals surface area contributed by atoms with Gasteiger partial charge in [-0.05, 0) is 74.2 Å². The number of ether oxygens (including phenoxy) is 4. The fraction of sp³-hybridized carbons (Fsp3) is 0.815. The molecule has 0 aromatic heterocycles. The molecule has 4 saturated carbocycles. The summed E-state index contributed by atoms with van der Waals surface area (Å²) in [6, 6.07) is 0. The summed E-state index contributed by atoms with van der Waals surface area (Å²) < 4.78 is 23.6. The van der Waals surface area contributed by atoms with Crippen molar-refractivity contribution in [1.82, 2.24) is 0 Å². The summed E-state index contributed by atoms with van der Waals surface area (Å²) >= 11 is 0. The van der Waals surface area contributed by atoms with Crippen LogP contribution in [0.15, 0.2) is 11.6 Å². The van der Waals surface area contributed by atoms with Crippen molar-refractivity contribution >= 4 is 17.9 Å². The first-order valence-electron chi connectivity index (χ1n) is 13.2. The van der Waals surface area contributed by atoms with Gasteiger partial charge in [0.05, 0.1) is 16.6 Å². The lowest BCUT2D eigenvalue weighted by Gasteiger charge is -2.63. The monoisotopic (exact) mass is 488 g/mol. The quantitative estimate of drug-likeness (QED) is 0.477. The first-order valence-corrected chi connectivity index (χ1v) is 13.2. The fourth-order valence-electron chi connectivity index (χ4n) is 9.75. The number of esters is 3. The zero-order valence-electron chi connectivity index (χ0n) is 20.8. The van der Waals surface area contributed by atoms with E-state index < -0.39 is 28.9 Å². The molecule has 192 valence electrons. The second-order valence-electron chi connectivity index (χ2n) is 12.2. The molecule has 4 aliphatic carbocycles. The summed E-state index contributed by atoms with van der Waals surface area (Å²) in [7, 11) is 0. The van der Waals surface area contributed by atoms with Crippen LogP contribution >= 0.6 is 0 Å². The Morgan fingerprint density at radius 1 is 1.00 bits per heavy atom. The van der Waals surface area contributed by atoms with E-state index in [-0.39, 0.29) is 41.2 Å². The average molecular weight is 489 g/mol. The Bertz CT molecular complexity index is 1010. The summed E-state index contributed by atoms with van der Waals surface area (Å²) in [6.45, 7) is 5.50. The molecule has 1 spiro atoms. The van der Waals surface area contributed by atoms with Gasteiger partial charge in [0.2, 0.25) is 6.29 Å². The van der Waals surface area contributed by atoms with E-state index >= 15 is 0 Å². The maximum atomic E-state index is 12.2. The molecule has 2 heterocycles. The molecule has 2 aliphatic heterocycles. The third-order valence-electron chi connectivity index (χ3n) is 10.8. The van der Waals surface area contributed by atoms with E-state index in [2.05, 4.69) is 6.92 Å². The lowest BCUT2D eigenvalue weighted by molar-refractivity contribution is -0.243. The molecular weight excluding hydrogens is 452 g/mol. The third kappa shape index (κ3) is 3.02. The van der Waals surface area contributed by atoms with Crippen molar-refractivity contribution < 1.29 is 38.4 Å². The van der Waals surface area contributed by atoms with Crippen molar-refractivity contribution in [2.75, 3.05) is 6.61 Å². The number of aliphatic hydroxyl groups is 1. The largest absolute Gasteiger partial charge is 0.462 e. The summed E-state index contributed by atoms with van der Waals surface area (Å²) in [4.78, 5) is 35.7. The van der Waals surface area contributed by atoms with E-state index in [0.29, 0.717) is 38.7 Å². The number of carbonyl (C=O) groups excluding carboxylic acids is 3. The first kappa shape index (κ1) is 23.5. The highest BCUT2D eigenvalue weighted by Crippen LogP contribution is 2.76. The Labute approximate surface area is 205 Å². The van der Waals surface area contributed by atoms with Crippen LogP contribution in [0.3, 0.4) is 0 Å². The van der Waals surface area contributed by atoms with Crippen molar-refractivity contribution in [1.29, 1.82) is 0 Å². The molecular formula is C27H36O8. The van der Waals surface area contributed by atoms with Crippen LogP contribution in [-0.4, -0.2) is 53.2 Å². The number of carbonyl (C=O) groups is 3. The van der Waals surface area contributed by atoms with Crippen molar-refractivity contribution in [3.05, 3.63) is 11.6 Å². The van der Waals surface area contributed by atoms with E-state index in [9.17, 15) is 19.5 Å². The molecule has 8 heteroatoms. The molecule has 5 fully saturated rings. The van der Waals surface area contributed by atoms with Crippen molar-refractivity contribution in [2.24, 2.45) is 28.6 Å². The van der Waals surface area contributed by atoms with Crippen molar-refractivity contribution in [3.63, 3.8) is 0 Å². The van der Waals surface area contributed by atoms with Gasteiger partial charge in [0.1, 0.15) is 12.7 Å². The van der Waals surface area contributed by atoms with E-state index in [4.69, 9.17) is 18.9 Å². The van der Waals surface area contributed by atoms with Gasteiger partial charge in [-0.25, -0.2) is 4.79 Å². The van der Waals surface area contributed by atoms with Gasteiger partial charge in [-0.3, -0.25) is 9.59 Å². The zero-order chi connectivity index (χ0) is 24.8. The molecule has 35 heavy (non-hydrogen) atoms. The number of fused-ring (bicyclic) bond motifs is 1. The number of hydrogen-bond acceptors (Lipinski definition) is 8. The van der Waals surface area contributed by atoms with Crippen LogP contribution in [0.4, 0.5) is 0 Å². The van der Waals surface area contributed by atoms with Gasteiger partial charge in [-0.2, -0.15) is 0 Å². The summed E-state index contributed by atoms with van der Waals surface area (Å²) in [5.74, 6) is -0.437. The Hall–Kier alpha value is -1.93. The zero-order valence-corrected chi connectivity index (χ0v) is 20.8. The normalized spacial score (nSPS) is 49.9. The summed E-state index contributed by atoms with van der Waals surface area (Å²) in [6.07, 6.45) is 7.06. The topological polar surface area (TPSA) is 108 Å². The Kier molecular flexibility index (Phi) is 5.06. The molecule has 2 bridgehead atoms. The standard InChI is InChI=1S/C27H36O8/c1-15(28)33-18-6-9-26-21-7-8-24(3)19(17-12-22(30)32-14-17)4-5-20(24)27(21,11-10-25(26,31)13-18)35-23(26)34-16(2)29/h12,18-21,23,31H,4-11,13-14H2,1-3H3/t18-,19-,20-,21-,23-,24-,25+,26-,27-/m0/s1. The Balaban J connectivity index is 1.39. The van der Waals surface area contributed by atoms with Gasteiger partial charge in [-0.1, -0.05) is 6.92 Å². The number of cyclic esters (lactones) is 1. The van der Waals surface area contributed by atoms with E-state index in [1.165, 1.54) is 13.8 Å². The Morgan fingerprint density at radius 2 is 1.77 bits per heavy atom. The molecule has 1 N–H and O–H groups in total.